The van der Waals surface area contributed by atoms with E-state index in [-0.39, 0.29) is 5.75 Å². The second kappa shape index (κ2) is 5.40. The maximum atomic E-state index is 10.1. The van der Waals surface area contributed by atoms with Gasteiger partial charge < -0.3 is 19.3 Å². The number of hydrogen-bond donors (Lipinski definition) is 1. The lowest BCUT2D eigenvalue weighted by atomic mass is 10.00. The molecule has 0 atom stereocenters. The summed E-state index contributed by atoms with van der Waals surface area (Å²) in [4.78, 5) is 0. The van der Waals surface area contributed by atoms with Gasteiger partial charge in [-0.2, -0.15) is 0 Å². The van der Waals surface area contributed by atoms with Crippen LogP contribution in [0.25, 0.3) is 11.6 Å². The molecular weight excluding hydrogens is 268 g/mol. The normalized spacial score (nSPS) is 13.0. The predicted octanol–water partition coefficient (Wildman–Crippen LogP) is 3.34. The fraction of sp³-hybridized carbons (Fsp3) is 0.176. The molecule has 0 aromatic heterocycles. The number of rotatable bonds is 3. The Bertz CT molecular complexity index is 704. The fourth-order valence-corrected chi connectivity index (χ4v) is 2.34. The maximum absolute atomic E-state index is 10.1. The molecule has 0 radical (unpaired) electrons. The van der Waals surface area contributed by atoms with Gasteiger partial charge in [0.25, 0.3) is 0 Å². The Morgan fingerprint density at radius 2 is 1.71 bits per heavy atom. The number of phenolic OH excluding ortho intramolecular Hbond substituents is 1. The maximum Gasteiger partial charge on any atom is 0.130 e. The average molecular weight is 284 g/mol. The lowest BCUT2D eigenvalue weighted by Gasteiger charge is -2.19. The molecule has 0 saturated carbocycles. The van der Waals surface area contributed by atoms with Gasteiger partial charge in [0.2, 0.25) is 0 Å². The minimum atomic E-state index is 0.182. The molecule has 2 aromatic carbocycles. The molecule has 108 valence electrons. The smallest absolute Gasteiger partial charge is 0.130 e. The van der Waals surface area contributed by atoms with Crippen LogP contribution < -0.4 is 14.2 Å². The molecule has 1 N–H and O–H groups in total. The molecule has 0 saturated heterocycles. The molecule has 1 aliphatic heterocycles. The zero-order chi connectivity index (χ0) is 14.8. The Balaban J connectivity index is 1.98. The van der Waals surface area contributed by atoms with Gasteiger partial charge in [-0.1, -0.05) is 0 Å². The molecule has 1 aliphatic rings. The van der Waals surface area contributed by atoms with E-state index in [4.69, 9.17) is 14.2 Å². The molecular formula is C17H16O4. The summed E-state index contributed by atoms with van der Waals surface area (Å²) < 4.78 is 16.0. The monoisotopic (exact) mass is 284 g/mol. The van der Waals surface area contributed by atoms with E-state index in [0.717, 1.165) is 28.2 Å². The van der Waals surface area contributed by atoms with Crippen molar-refractivity contribution < 1.29 is 19.3 Å². The number of ether oxygens (including phenoxy) is 3. The fourth-order valence-electron chi connectivity index (χ4n) is 2.34. The number of phenols is 1. The Morgan fingerprint density at radius 3 is 2.43 bits per heavy atom. The van der Waals surface area contributed by atoms with Gasteiger partial charge in [-0.3, -0.25) is 0 Å². The van der Waals surface area contributed by atoms with Gasteiger partial charge in [0.15, 0.2) is 0 Å². The molecule has 4 nitrogen and oxygen atoms in total. The van der Waals surface area contributed by atoms with Crippen LogP contribution in [0.5, 0.6) is 23.0 Å². The van der Waals surface area contributed by atoms with Crippen molar-refractivity contribution in [1.29, 1.82) is 0 Å². The Kier molecular flexibility index (Phi) is 3.44. The topological polar surface area (TPSA) is 47.9 Å². The lowest BCUT2D eigenvalue weighted by molar-refractivity contribution is 0.358. The summed E-state index contributed by atoms with van der Waals surface area (Å²) in [5.74, 6) is 2.35. The van der Waals surface area contributed by atoms with Gasteiger partial charge in [0.1, 0.15) is 29.6 Å². The van der Waals surface area contributed by atoms with Crippen molar-refractivity contribution in [3.05, 3.63) is 47.5 Å². The van der Waals surface area contributed by atoms with Gasteiger partial charge in [-0.25, -0.2) is 0 Å². The van der Waals surface area contributed by atoms with Crippen molar-refractivity contribution in [2.24, 2.45) is 0 Å². The first kappa shape index (κ1) is 13.4. The molecule has 3 rings (SSSR count). The van der Waals surface area contributed by atoms with Gasteiger partial charge in [0, 0.05) is 28.8 Å². The first-order chi connectivity index (χ1) is 10.2. The molecule has 0 spiro atoms. The van der Waals surface area contributed by atoms with Crippen LogP contribution in [0.15, 0.2) is 36.4 Å². The summed E-state index contributed by atoms with van der Waals surface area (Å²) in [6.45, 7) is 0.403. The molecule has 21 heavy (non-hydrogen) atoms. The largest absolute Gasteiger partial charge is 0.507 e. The zero-order valence-electron chi connectivity index (χ0n) is 11.9. The highest BCUT2D eigenvalue weighted by molar-refractivity contribution is 5.87. The minimum absolute atomic E-state index is 0.182. The van der Waals surface area contributed by atoms with E-state index in [2.05, 4.69) is 0 Å². The van der Waals surface area contributed by atoms with Crippen LogP contribution in [0.4, 0.5) is 0 Å². The van der Waals surface area contributed by atoms with Crippen LogP contribution in [0.2, 0.25) is 0 Å². The quantitative estimate of drug-likeness (QED) is 0.939. The first-order valence-corrected chi connectivity index (χ1v) is 6.60. The van der Waals surface area contributed by atoms with Crippen LogP contribution in [0.3, 0.4) is 0 Å². The van der Waals surface area contributed by atoms with Crippen LogP contribution >= 0.6 is 0 Å². The average Bonchev–Trinajstić information content (AvgIpc) is 2.53. The number of methoxy groups -OCH3 is 2. The van der Waals surface area contributed by atoms with Gasteiger partial charge >= 0.3 is 0 Å². The van der Waals surface area contributed by atoms with Gasteiger partial charge in [0.05, 0.1) is 14.2 Å². The summed E-state index contributed by atoms with van der Waals surface area (Å²) in [7, 11) is 3.20. The highest BCUT2D eigenvalue weighted by Crippen LogP contribution is 2.36. The molecule has 4 heteroatoms. The second-order valence-corrected chi connectivity index (χ2v) is 4.75. The zero-order valence-corrected chi connectivity index (χ0v) is 11.9. The van der Waals surface area contributed by atoms with Gasteiger partial charge in [-0.05, 0) is 30.3 Å². The van der Waals surface area contributed by atoms with E-state index in [9.17, 15) is 5.11 Å². The third-order valence-electron chi connectivity index (χ3n) is 3.48. The van der Waals surface area contributed by atoms with E-state index < -0.39 is 0 Å². The first-order valence-electron chi connectivity index (χ1n) is 6.60. The van der Waals surface area contributed by atoms with E-state index in [1.807, 2.05) is 36.4 Å². The Hall–Kier alpha value is -2.62. The number of benzene rings is 2. The predicted molar refractivity (Wildman–Crippen MR) is 81.0 cm³/mol. The summed E-state index contributed by atoms with van der Waals surface area (Å²) in [5.41, 5.74) is 2.64. The van der Waals surface area contributed by atoms with Crippen molar-refractivity contribution in [2.75, 3.05) is 20.8 Å². The van der Waals surface area contributed by atoms with Crippen molar-refractivity contribution >= 4 is 11.6 Å². The summed E-state index contributed by atoms with van der Waals surface area (Å²) in [6, 6.07) is 10.9. The summed E-state index contributed by atoms with van der Waals surface area (Å²) in [5, 5.41) is 10.1. The molecule has 2 aromatic rings. The van der Waals surface area contributed by atoms with Crippen LogP contribution in [0, 0.1) is 0 Å². The van der Waals surface area contributed by atoms with Crippen molar-refractivity contribution in [2.45, 2.75) is 0 Å². The molecule has 0 unspecified atom stereocenters. The number of aromatic hydroxyl groups is 1. The van der Waals surface area contributed by atoms with Crippen molar-refractivity contribution in [3.8, 4) is 23.0 Å². The third-order valence-corrected chi connectivity index (χ3v) is 3.48. The minimum Gasteiger partial charge on any atom is -0.507 e. The highest BCUT2D eigenvalue weighted by Gasteiger charge is 2.16. The molecule has 0 fully saturated rings. The van der Waals surface area contributed by atoms with E-state index in [1.54, 1.807) is 20.3 Å². The van der Waals surface area contributed by atoms with E-state index >= 15 is 0 Å². The van der Waals surface area contributed by atoms with Crippen molar-refractivity contribution in [1.82, 2.24) is 0 Å². The summed E-state index contributed by atoms with van der Waals surface area (Å²) in [6.07, 6.45) is 2.01. The molecule has 0 aliphatic carbocycles. The van der Waals surface area contributed by atoms with Crippen LogP contribution in [-0.4, -0.2) is 25.9 Å². The lowest BCUT2D eigenvalue weighted by Crippen LogP contribution is -2.07. The van der Waals surface area contributed by atoms with E-state index in [1.165, 1.54) is 0 Å². The van der Waals surface area contributed by atoms with Crippen LogP contribution in [-0.2, 0) is 0 Å². The van der Waals surface area contributed by atoms with E-state index in [0.29, 0.717) is 12.4 Å². The summed E-state index contributed by atoms with van der Waals surface area (Å²) >= 11 is 0. The molecule has 0 amide bonds. The Labute approximate surface area is 123 Å². The number of fused-ring (bicyclic) bond motifs is 1. The van der Waals surface area contributed by atoms with Crippen molar-refractivity contribution in [3.63, 3.8) is 0 Å². The molecule has 1 heterocycles. The van der Waals surface area contributed by atoms with Crippen LogP contribution in [0.1, 0.15) is 11.1 Å². The van der Waals surface area contributed by atoms with Gasteiger partial charge in [-0.15, -0.1) is 0 Å². The SMILES string of the molecule is COc1ccc(C2=Cc3ccc(OC)cc3OC2)c(O)c1. The second-order valence-electron chi connectivity index (χ2n) is 4.75. The third kappa shape index (κ3) is 2.52. The highest BCUT2D eigenvalue weighted by atomic mass is 16.5. The standard InChI is InChI=1S/C17H16O4/c1-19-13-5-6-15(16(18)8-13)12-7-11-3-4-14(20-2)9-17(11)21-10-12/h3-9,18H,10H2,1-2H3. The number of hydrogen-bond acceptors (Lipinski definition) is 4. The molecule has 0 bridgehead atoms. The Morgan fingerprint density at radius 1 is 1.00 bits per heavy atom.